The summed E-state index contributed by atoms with van der Waals surface area (Å²) in [5.41, 5.74) is 0.487. The van der Waals surface area contributed by atoms with E-state index < -0.39 is 0 Å². The lowest BCUT2D eigenvalue weighted by molar-refractivity contribution is -0.118. The Morgan fingerprint density at radius 2 is 2.25 bits per heavy atom. The third kappa shape index (κ3) is 2.16. The van der Waals surface area contributed by atoms with Gasteiger partial charge < -0.3 is 10.4 Å². The Balaban J connectivity index is 2.10. The van der Waals surface area contributed by atoms with Gasteiger partial charge in [0.05, 0.1) is 10.4 Å². The van der Waals surface area contributed by atoms with Crippen molar-refractivity contribution in [1.82, 2.24) is 0 Å². The molecule has 86 valence electrons. The first-order valence-electron chi connectivity index (χ1n) is 5.35. The van der Waals surface area contributed by atoms with Crippen LogP contribution in [0.3, 0.4) is 0 Å². The quantitative estimate of drug-likeness (QED) is 0.777. The average Bonchev–Trinajstić information content (AvgIpc) is 2.70. The number of carbonyl (C=O) groups excluding carboxylic acids is 1. The van der Waals surface area contributed by atoms with Crippen molar-refractivity contribution in [2.75, 3.05) is 11.1 Å². The number of rotatable bonds is 2. The number of hydrogen-bond donors (Lipinski definition) is 2. The molecule has 1 aromatic rings. The molecule has 2 N–H and O–H groups in total. The molecule has 1 heterocycles. The maximum absolute atomic E-state index is 12.0. The predicted molar refractivity (Wildman–Crippen MR) is 66.8 cm³/mol. The summed E-state index contributed by atoms with van der Waals surface area (Å²) in [6, 6.07) is 6.80. The fourth-order valence-corrected chi connectivity index (χ4v) is 3.00. The van der Waals surface area contributed by atoms with Crippen molar-refractivity contribution in [3.05, 3.63) is 24.3 Å². The van der Waals surface area contributed by atoms with Gasteiger partial charge in [0.15, 0.2) is 0 Å². The number of aromatic hydroxyl groups is 1. The van der Waals surface area contributed by atoms with E-state index in [9.17, 15) is 9.90 Å². The molecule has 1 fully saturated rings. The normalized spacial score (nSPS) is 24.3. The molecule has 1 saturated heterocycles. The minimum absolute atomic E-state index is 0.0171. The van der Waals surface area contributed by atoms with Crippen LogP contribution >= 0.6 is 11.8 Å². The van der Waals surface area contributed by atoms with Gasteiger partial charge in [-0.05, 0) is 37.7 Å². The second kappa shape index (κ2) is 4.37. The molecule has 1 amide bonds. The fourth-order valence-electron chi connectivity index (χ4n) is 1.79. The van der Waals surface area contributed by atoms with Gasteiger partial charge in [0.1, 0.15) is 5.75 Å². The summed E-state index contributed by atoms with van der Waals surface area (Å²) in [5, 5.41) is 12.3. The highest BCUT2D eigenvalue weighted by molar-refractivity contribution is 8.01. The first-order chi connectivity index (χ1) is 7.62. The zero-order valence-corrected chi connectivity index (χ0v) is 10.0. The molecule has 0 spiro atoms. The van der Waals surface area contributed by atoms with Crippen molar-refractivity contribution in [3.8, 4) is 5.75 Å². The second-order valence-electron chi connectivity index (χ2n) is 4.15. The number of para-hydroxylation sites is 2. The molecule has 1 atom stereocenters. The van der Waals surface area contributed by atoms with Crippen molar-refractivity contribution in [2.45, 2.75) is 24.5 Å². The number of carbonyl (C=O) groups is 1. The predicted octanol–water partition coefficient (Wildman–Crippen LogP) is 2.62. The van der Waals surface area contributed by atoms with E-state index in [-0.39, 0.29) is 16.4 Å². The minimum atomic E-state index is -0.345. The summed E-state index contributed by atoms with van der Waals surface area (Å²) in [7, 11) is 0. The molecule has 4 heteroatoms. The van der Waals surface area contributed by atoms with Gasteiger partial charge in [-0.1, -0.05) is 12.1 Å². The van der Waals surface area contributed by atoms with E-state index in [1.807, 2.05) is 6.92 Å². The lowest BCUT2D eigenvalue weighted by Gasteiger charge is -2.21. The Bertz CT molecular complexity index is 400. The van der Waals surface area contributed by atoms with Crippen LogP contribution in [0.4, 0.5) is 5.69 Å². The highest BCUT2D eigenvalue weighted by Gasteiger charge is 2.37. The van der Waals surface area contributed by atoms with E-state index in [1.54, 1.807) is 36.0 Å². The first-order valence-corrected chi connectivity index (χ1v) is 6.34. The molecule has 16 heavy (non-hydrogen) atoms. The molecule has 3 nitrogen and oxygen atoms in total. The molecule has 0 aromatic heterocycles. The number of hydrogen-bond acceptors (Lipinski definition) is 3. The van der Waals surface area contributed by atoms with Gasteiger partial charge >= 0.3 is 0 Å². The fraction of sp³-hybridized carbons (Fsp3) is 0.417. The first kappa shape index (κ1) is 11.3. The van der Waals surface area contributed by atoms with E-state index >= 15 is 0 Å². The zero-order chi connectivity index (χ0) is 11.6. The van der Waals surface area contributed by atoms with Crippen LogP contribution in [0.1, 0.15) is 19.8 Å². The summed E-state index contributed by atoms with van der Waals surface area (Å²) >= 11 is 1.68. The average molecular weight is 237 g/mol. The summed E-state index contributed by atoms with van der Waals surface area (Å²) in [4.78, 5) is 12.0. The van der Waals surface area contributed by atoms with E-state index in [1.165, 1.54) is 0 Å². The molecule has 2 rings (SSSR count). The van der Waals surface area contributed by atoms with Gasteiger partial charge in [0.2, 0.25) is 5.91 Å². The van der Waals surface area contributed by atoms with E-state index in [2.05, 4.69) is 5.32 Å². The number of anilines is 1. The lowest BCUT2D eigenvalue weighted by Crippen LogP contribution is -2.34. The van der Waals surface area contributed by atoms with Crippen LogP contribution in [0.5, 0.6) is 5.75 Å². The monoisotopic (exact) mass is 237 g/mol. The number of amides is 1. The Kier molecular flexibility index (Phi) is 3.10. The maximum Gasteiger partial charge on any atom is 0.240 e. The maximum atomic E-state index is 12.0. The number of phenolic OH excluding ortho intramolecular Hbond substituents is 1. The van der Waals surface area contributed by atoms with Crippen LogP contribution in [0, 0.1) is 0 Å². The molecule has 1 unspecified atom stereocenters. The summed E-state index contributed by atoms with van der Waals surface area (Å²) < 4.78 is -0.345. The largest absolute Gasteiger partial charge is 0.506 e. The third-order valence-electron chi connectivity index (χ3n) is 2.85. The number of nitrogens with one attached hydrogen (secondary N) is 1. The Morgan fingerprint density at radius 3 is 2.88 bits per heavy atom. The molecule has 1 aromatic carbocycles. The summed E-state index contributed by atoms with van der Waals surface area (Å²) in [6.45, 7) is 1.96. The van der Waals surface area contributed by atoms with Gasteiger partial charge in [-0.3, -0.25) is 4.79 Å². The molecular formula is C12H15NO2S. The smallest absolute Gasteiger partial charge is 0.240 e. The van der Waals surface area contributed by atoms with Gasteiger partial charge in [0.25, 0.3) is 0 Å². The molecule has 0 aliphatic carbocycles. The van der Waals surface area contributed by atoms with Crippen molar-refractivity contribution < 1.29 is 9.90 Å². The van der Waals surface area contributed by atoms with Crippen LogP contribution in [-0.2, 0) is 4.79 Å². The number of benzene rings is 1. The number of thioether (sulfide) groups is 1. The zero-order valence-electron chi connectivity index (χ0n) is 9.19. The number of phenols is 1. The Hall–Kier alpha value is -1.16. The highest BCUT2D eigenvalue weighted by Crippen LogP contribution is 2.39. The second-order valence-corrected chi connectivity index (χ2v) is 5.75. The van der Waals surface area contributed by atoms with Crippen LogP contribution in [0.15, 0.2) is 24.3 Å². The molecule has 0 bridgehead atoms. The molecule has 0 saturated carbocycles. The van der Waals surface area contributed by atoms with Gasteiger partial charge in [-0.15, -0.1) is 11.8 Å². The summed E-state index contributed by atoms with van der Waals surface area (Å²) in [6.07, 6.45) is 1.98. The molecular weight excluding hydrogens is 222 g/mol. The topological polar surface area (TPSA) is 49.3 Å². The van der Waals surface area contributed by atoms with Gasteiger partial charge in [0, 0.05) is 0 Å². The van der Waals surface area contributed by atoms with E-state index in [0.717, 1.165) is 18.6 Å². The standard InChI is InChI=1S/C12H15NO2S/c1-12(7-4-8-16-12)11(15)13-9-5-2-3-6-10(9)14/h2-3,5-6,14H,4,7-8H2,1H3,(H,13,15). The minimum Gasteiger partial charge on any atom is -0.506 e. The molecule has 0 radical (unpaired) electrons. The van der Waals surface area contributed by atoms with Crippen LogP contribution in [0.2, 0.25) is 0 Å². The van der Waals surface area contributed by atoms with Crippen molar-refractivity contribution in [1.29, 1.82) is 0 Å². The van der Waals surface area contributed by atoms with Gasteiger partial charge in [-0.25, -0.2) is 0 Å². The lowest BCUT2D eigenvalue weighted by atomic mass is 10.0. The van der Waals surface area contributed by atoms with Crippen LogP contribution in [-0.4, -0.2) is 21.5 Å². The van der Waals surface area contributed by atoms with Gasteiger partial charge in [-0.2, -0.15) is 0 Å². The summed E-state index contributed by atoms with van der Waals surface area (Å²) in [5.74, 6) is 1.13. The van der Waals surface area contributed by atoms with Crippen molar-refractivity contribution in [2.24, 2.45) is 0 Å². The van der Waals surface area contributed by atoms with E-state index in [0.29, 0.717) is 5.69 Å². The SMILES string of the molecule is CC1(C(=O)Nc2ccccc2O)CCCS1. The van der Waals surface area contributed by atoms with Crippen LogP contribution in [0.25, 0.3) is 0 Å². The Morgan fingerprint density at radius 1 is 1.50 bits per heavy atom. The highest BCUT2D eigenvalue weighted by atomic mass is 32.2. The van der Waals surface area contributed by atoms with Crippen LogP contribution < -0.4 is 5.32 Å². The van der Waals surface area contributed by atoms with E-state index in [4.69, 9.17) is 0 Å². The Labute approximate surface area is 99.2 Å². The molecule has 1 aliphatic rings. The molecule has 1 aliphatic heterocycles. The van der Waals surface area contributed by atoms with Crippen molar-refractivity contribution >= 4 is 23.4 Å². The van der Waals surface area contributed by atoms with Crippen molar-refractivity contribution in [3.63, 3.8) is 0 Å². The third-order valence-corrected chi connectivity index (χ3v) is 4.37.